The Bertz CT molecular complexity index is 592. The third kappa shape index (κ3) is 5.74. The van der Waals surface area contributed by atoms with E-state index in [9.17, 15) is 9.59 Å². The Labute approximate surface area is 149 Å². The standard InChI is InChI=1S/C19H29N3O3/c1-5-19(2,3)21-17(23)14-8-10-15(11-9-14)20-18(24)22(4)13-16-7-6-12-25-16/h8-11,16H,5-7,12-13H2,1-4H3,(H,20,24)(H,21,23)/t16-/m0/s1. The van der Waals surface area contributed by atoms with E-state index in [0.29, 0.717) is 17.8 Å². The van der Waals surface area contributed by atoms with E-state index in [1.807, 2.05) is 20.8 Å². The van der Waals surface area contributed by atoms with Crippen LogP contribution in [0.3, 0.4) is 0 Å². The number of benzene rings is 1. The first-order valence-corrected chi connectivity index (χ1v) is 8.87. The van der Waals surface area contributed by atoms with Gasteiger partial charge in [0.05, 0.1) is 6.10 Å². The topological polar surface area (TPSA) is 70.7 Å². The molecule has 3 amide bonds. The maximum absolute atomic E-state index is 12.2. The van der Waals surface area contributed by atoms with Gasteiger partial charge in [0.2, 0.25) is 0 Å². The van der Waals surface area contributed by atoms with Crippen molar-refractivity contribution >= 4 is 17.6 Å². The molecule has 0 unspecified atom stereocenters. The average Bonchev–Trinajstić information content (AvgIpc) is 3.08. The molecule has 138 valence electrons. The summed E-state index contributed by atoms with van der Waals surface area (Å²) >= 11 is 0. The van der Waals surface area contributed by atoms with E-state index in [1.165, 1.54) is 0 Å². The van der Waals surface area contributed by atoms with Gasteiger partial charge in [-0.25, -0.2) is 4.79 Å². The van der Waals surface area contributed by atoms with Gasteiger partial charge in [0.1, 0.15) is 0 Å². The number of nitrogens with one attached hydrogen (secondary N) is 2. The fraction of sp³-hybridized carbons (Fsp3) is 0.579. The van der Waals surface area contributed by atoms with Gasteiger partial charge in [0.15, 0.2) is 0 Å². The number of carbonyl (C=O) groups is 2. The minimum absolute atomic E-state index is 0.111. The smallest absolute Gasteiger partial charge is 0.321 e. The SMILES string of the molecule is CCC(C)(C)NC(=O)c1ccc(NC(=O)N(C)C[C@@H]2CCCO2)cc1. The van der Waals surface area contributed by atoms with Crippen LogP contribution in [-0.2, 0) is 4.74 Å². The molecule has 1 aliphatic rings. The molecule has 1 aromatic carbocycles. The quantitative estimate of drug-likeness (QED) is 0.830. The lowest BCUT2D eigenvalue weighted by atomic mass is 10.0. The highest BCUT2D eigenvalue weighted by Crippen LogP contribution is 2.15. The summed E-state index contributed by atoms with van der Waals surface area (Å²) in [5.41, 5.74) is 0.998. The van der Waals surface area contributed by atoms with E-state index in [4.69, 9.17) is 4.74 Å². The van der Waals surface area contributed by atoms with Crippen molar-refractivity contribution in [2.45, 2.75) is 51.7 Å². The van der Waals surface area contributed by atoms with Crippen molar-refractivity contribution in [2.24, 2.45) is 0 Å². The van der Waals surface area contributed by atoms with Crippen LogP contribution in [0.25, 0.3) is 0 Å². The molecule has 25 heavy (non-hydrogen) atoms. The predicted octanol–water partition coefficient (Wildman–Crippen LogP) is 3.25. The maximum atomic E-state index is 12.2. The molecule has 2 N–H and O–H groups in total. The van der Waals surface area contributed by atoms with E-state index in [0.717, 1.165) is 25.9 Å². The minimum Gasteiger partial charge on any atom is -0.376 e. The van der Waals surface area contributed by atoms with E-state index < -0.39 is 0 Å². The summed E-state index contributed by atoms with van der Waals surface area (Å²) in [4.78, 5) is 26.1. The third-order valence-electron chi connectivity index (χ3n) is 4.58. The van der Waals surface area contributed by atoms with Crippen LogP contribution in [0.1, 0.15) is 50.4 Å². The third-order valence-corrected chi connectivity index (χ3v) is 4.58. The van der Waals surface area contributed by atoms with Crippen LogP contribution in [-0.4, -0.2) is 48.7 Å². The molecule has 6 heteroatoms. The summed E-state index contributed by atoms with van der Waals surface area (Å²) in [6.45, 7) is 7.37. The van der Waals surface area contributed by atoms with Gasteiger partial charge < -0.3 is 20.3 Å². The Morgan fingerprint density at radius 3 is 2.52 bits per heavy atom. The van der Waals surface area contributed by atoms with Crippen LogP contribution in [0.15, 0.2) is 24.3 Å². The summed E-state index contributed by atoms with van der Waals surface area (Å²) in [6.07, 6.45) is 3.03. The average molecular weight is 347 g/mol. The highest BCUT2D eigenvalue weighted by atomic mass is 16.5. The number of amides is 3. The second-order valence-corrected chi connectivity index (χ2v) is 7.21. The number of likely N-dealkylation sites (N-methyl/N-ethyl adjacent to an activating group) is 1. The molecule has 0 radical (unpaired) electrons. The van der Waals surface area contributed by atoms with Crippen LogP contribution >= 0.6 is 0 Å². The number of hydrogen-bond acceptors (Lipinski definition) is 3. The molecule has 0 spiro atoms. The number of anilines is 1. The molecular weight excluding hydrogens is 318 g/mol. The molecule has 6 nitrogen and oxygen atoms in total. The molecule has 0 bridgehead atoms. The van der Waals surface area contributed by atoms with Crippen molar-refractivity contribution < 1.29 is 14.3 Å². The molecule has 1 aliphatic heterocycles. The van der Waals surface area contributed by atoms with Crippen LogP contribution in [0, 0.1) is 0 Å². The van der Waals surface area contributed by atoms with Crippen LogP contribution in [0.2, 0.25) is 0 Å². The van der Waals surface area contributed by atoms with Gasteiger partial charge in [-0.2, -0.15) is 0 Å². The predicted molar refractivity (Wildman–Crippen MR) is 98.9 cm³/mol. The molecule has 1 saturated heterocycles. The second-order valence-electron chi connectivity index (χ2n) is 7.21. The summed E-state index contributed by atoms with van der Waals surface area (Å²) < 4.78 is 5.55. The van der Waals surface area contributed by atoms with Gasteiger partial charge in [0.25, 0.3) is 5.91 Å². The maximum Gasteiger partial charge on any atom is 0.321 e. The molecular formula is C19H29N3O3. The second kappa shape index (κ2) is 8.34. The zero-order chi connectivity index (χ0) is 18.4. The highest BCUT2D eigenvalue weighted by Gasteiger charge is 2.21. The number of carbonyl (C=O) groups excluding carboxylic acids is 2. The number of rotatable bonds is 6. The monoisotopic (exact) mass is 347 g/mol. The van der Waals surface area contributed by atoms with E-state index >= 15 is 0 Å². The van der Waals surface area contributed by atoms with E-state index in [-0.39, 0.29) is 23.6 Å². The van der Waals surface area contributed by atoms with Crippen LogP contribution in [0.4, 0.5) is 10.5 Å². The molecule has 2 rings (SSSR count). The number of hydrogen-bond donors (Lipinski definition) is 2. The highest BCUT2D eigenvalue weighted by molar-refractivity contribution is 5.95. The Hall–Kier alpha value is -2.08. The summed E-state index contributed by atoms with van der Waals surface area (Å²) in [6, 6.07) is 6.74. The Morgan fingerprint density at radius 1 is 1.28 bits per heavy atom. The molecule has 1 heterocycles. The fourth-order valence-electron chi connectivity index (χ4n) is 2.57. The van der Waals surface area contributed by atoms with E-state index in [1.54, 1.807) is 36.2 Å². The van der Waals surface area contributed by atoms with Crippen LogP contribution in [0.5, 0.6) is 0 Å². The summed E-state index contributed by atoms with van der Waals surface area (Å²) in [7, 11) is 1.76. The van der Waals surface area contributed by atoms with Crippen molar-refractivity contribution in [1.82, 2.24) is 10.2 Å². The van der Waals surface area contributed by atoms with Crippen molar-refractivity contribution in [1.29, 1.82) is 0 Å². The van der Waals surface area contributed by atoms with Gasteiger partial charge in [-0.05, 0) is 57.4 Å². The summed E-state index contributed by atoms with van der Waals surface area (Å²) in [5.74, 6) is -0.111. The van der Waals surface area contributed by atoms with Gasteiger partial charge in [-0.15, -0.1) is 0 Å². The molecule has 0 aromatic heterocycles. The molecule has 0 saturated carbocycles. The molecule has 1 aromatic rings. The first kappa shape index (κ1) is 19.2. The zero-order valence-electron chi connectivity index (χ0n) is 15.6. The van der Waals surface area contributed by atoms with Crippen molar-refractivity contribution in [2.75, 3.05) is 25.5 Å². The minimum atomic E-state index is -0.241. The lowest BCUT2D eigenvalue weighted by molar-refractivity contribution is 0.0894. The number of urea groups is 1. The molecule has 0 aliphatic carbocycles. The number of ether oxygens (including phenoxy) is 1. The zero-order valence-corrected chi connectivity index (χ0v) is 15.6. The van der Waals surface area contributed by atoms with Crippen molar-refractivity contribution in [3.8, 4) is 0 Å². The fourth-order valence-corrected chi connectivity index (χ4v) is 2.57. The Kier molecular flexibility index (Phi) is 6.42. The van der Waals surface area contributed by atoms with Gasteiger partial charge in [-0.1, -0.05) is 6.92 Å². The van der Waals surface area contributed by atoms with Crippen LogP contribution < -0.4 is 10.6 Å². The largest absolute Gasteiger partial charge is 0.376 e. The molecule has 1 fully saturated rings. The van der Waals surface area contributed by atoms with Crippen molar-refractivity contribution in [3.63, 3.8) is 0 Å². The molecule has 1 atom stereocenters. The van der Waals surface area contributed by atoms with Gasteiger partial charge in [0, 0.05) is 37.0 Å². The lowest BCUT2D eigenvalue weighted by Crippen LogP contribution is -2.42. The number of nitrogens with zero attached hydrogens (tertiary/aromatic N) is 1. The summed E-state index contributed by atoms with van der Waals surface area (Å²) in [5, 5.41) is 5.83. The first-order chi connectivity index (χ1) is 11.8. The first-order valence-electron chi connectivity index (χ1n) is 8.87. The van der Waals surface area contributed by atoms with Gasteiger partial charge >= 0.3 is 6.03 Å². The Morgan fingerprint density at radius 2 is 1.96 bits per heavy atom. The normalized spacial score (nSPS) is 17.2. The van der Waals surface area contributed by atoms with Crippen molar-refractivity contribution in [3.05, 3.63) is 29.8 Å². The van der Waals surface area contributed by atoms with Gasteiger partial charge in [-0.3, -0.25) is 4.79 Å². The Balaban J connectivity index is 1.88. The van der Waals surface area contributed by atoms with E-state index in [2.05, 4.69) is 10.6 Å². The lowest BCUT2D eigenvalue weighted by Gasteiger charge is -2.24.